The molecule has 154 valence electrons. The van der Waals surface area contributed by atoms with E-state index in [1.54, 1.807) is 11.8 Å². The topological polar surface area (TPSA) is 45.1 Å². The maximum absolute atomic E-state index is 5.31. The van der Waals surface area contributed by atoms with Crippen LogP contribution in [-0.4, -0.2) is 20.5 Å². The second-order valence-electron chi connectivity index (χ2n) is 8.14. The van der Waals surface area contributed by atoms with Gasteiger partial charge >= 0.3 is 0 Å². The first-order chi connectivity index (χ1) is 15.3. The fraction of sp³-hybridized carbons (Fsp3) is 0.240. The van der Waals surface area contributed by atoms with Crippen LogP contribution >= 0.6 is 11.8 Å². The lowest BCUT2D eigenvalue weighted by Gasteiger charge is -2.46. The molecule has 2 fully saturated rings. The quantitative estimate of drug-likeness (QED) is 0.424. The minimum absolute atomic E-state index is 0.370. The Hall–Kier alpha value is -3.12. The van der Waals surface area contributed by atoms with Gasteiger partial charge in [-0.3, -0.25) is 0 Å². The lowest BCUT2D eigenvalue weighted by Crippen LogP contribution is -2.55. The molecule has 6 rings (SSSR count). The van der Waals surface area contributed by atoms with Crippen LogP contribution in [0.4, 0.5) is 17.1 Å². The van der Waals surface area contributed by atoms with Crippen LogP contribution in [0.1, 0.15) is 25.7 Å². The average Bonchev–Trinajstić information content (AvgIpc) is 3.30. The maximum Gasteiger partial charge on any atom is 0.225 e. The van der Waals surface area contributed by atoms with Gasteiger partial charge in [0.2, 0.25) is 5.69 Å². The van der Waals surface area contributed by atoms with Gasteiger partial charge in [-0.05, 0) is 37.1 Å². The third kappa shape index (κ3) is 2.89. The van der Waals surface area contributed by atoms with E-state index in [1.165, 1.54) is 0 Å². The fourth-order valence-electron chi connectivity index (χ4n) is 4.82. The van der Waals surface area contributed by atoms with Gasteiger partial charge in [-0.25, -0.2) is 4.99 Å². The van der Waals surface area contributed by atoms with Crippen molar-refractivity contribution in [1.82, 2.24) is 0 Å². The van der Waals surface area contributed by atoms with Gasteiger partial charge in [-0.15, -0.1) is 4.81 Å². The van der Waals surface area contributed by atoms with Crippen molar-refractivity contribution >= 4 is 34.0 Å². The minimum Gasteiger partial charge on any atom is -0.308 e. The molecule has 0 radical (unpaired) electrons. The fourth-order valence-corrected chi connectivity index (χ4v) is 6.39. The zero-order chi connectivity index (χ0) is 20.7. The summed E-state index contributed by atoms with van der Waals surface area (Å²) in [4.78, 5) is 8.92. The highest BCUT2D eigenvalue weighted by Crippen LogP contribution is 2.64. The van der Waals surface area contributed by atoms with Crippen molar-refractivity contribution in [3.8, 4) is 0 Å². The second kappa shape index (κ2) is 7.24. The van der Waals surface area contributed by atoms with Crippen LogP contribution in [0.15, 0.2) is 101 Å². The molecule has 1 aliphatic carbocycles. The van der Waals surface area contributed by atoms with Crippen LogP contribution in [-0.2, 0) is 0 Å². The molecule has 1 saturated carbocycles. The number of azo groups is 1. The van der Waals surface area contributed by atoms with Crippen molar-refractivity contribution in [2.45, 2.75) is 36.2 Å². The molecule has 3 aliphatic rings. The summed E-state index contributed by atoms with van der Waals surface area (Å²) in [6, 6.07) is 31.0. The van der Waals surface area contributed by atoms with Crippen molar-refractivity contribution in [3.63, 3.8) is 0 Å². The largest absolute Gasteiger partial charge is 0.308 e. The lowest BCUT2D eigenvalue weighted by molar-refractivity contribution is -0.455. The van der Waals surface area contributed by atoms with E-state index in [0.717, 1.165) is 47.9 Å². The van der Waals surface area contributed by atoms with E-state index in [1.807, 2.05) is 53.3 Å². The smallest absolute Gasteiger partial charge is 0.225 e. The van der Waals surface area contributed by atoms with Crippen molar-refractivity contribution in [2.75, 3.05) is 4.90 Å². The lowest BCUT2D eigenvalue weighted by atomic mass is 9.83. The van der Waals surface area contributed by atoms with Crippen molar-refractivity contribution < 1.29 is 4.81 Å². The summed E-state index contributed by atoms with van der Waals surface area (Å²) < 4.78 is 0. The van der Waals surface area contributed by atoms with E-state index in [4.69, 9.17) is 15.5 Å². The van der Waals surface area contributed by atoms with Crippen LogP contribution in [0.2, 0.25) is 0 Å². The number of hydrogen-bond donors (Lipinski definition) is 0. The summed E-state index contributed by atoms with van der Waals surface area (Å²) in [5.74, 6) is 0. The zero-order valence-electron chi connectivity index (χ0n) is 17.1. The molecule has 3 aromatic rings. The van der Waals surface area contributed by atoms with Crippen LogP contribution < -0.4 is 4.90 Å². The summed E-state index contributed by atoms with van der Waals surface area (Å²) in [7, 11) is 0. The van der Waals surface area contributed by atoms with Gasteiger partial charge in [0.05, 0.1) is 5.69 Å². The highest BCUT2D eigenvalue weighted by molar-refractivity contribution is 8.16. The summed E-state index contributed by atoms with van der Waals surface area (Å²) >= 11 is 1.77. The number of anilines is 1. The molecule has 3 aromatic carbocycles. The molecule has 0 aromatic heterocycles. The van der Waals surface area contributed by atoms with E-state index in [0.29, 0.717) is 0 Å². The van der Waals surface area contributed by atoms with Gasteiger partial charge in [0.15, 0.2) is 5.17 Å². The summed E-state index contributed by atoms with van der Waals surface area (Å²) in [5.41, 5.74) is 7.84. The van der Waals surface area contributed by atoms with Gasteiger partial charge in [0.25, 0.3) is 0 Å². The van der Waals surface area contributed by atoms with Crippen molar-refractivity contribution in [1.29, 1.82) is 0 Å². The monoisotopic (exact) mass is 425 g/mol. The molecule has 2 atom stereocenters. The molecule has 0 amide bonds. The Morgan fingerprint density at radius 3 is 2.23 bits per heavy atom. The van der Waals surface area contributed by atoms with E-state index in [-0.39, 0.29) is 4.87 Å². The predicted molar refractivity (Wildman–Crippen MR) is 126 cm³/mol. The van der Waals surface area contributed by atoms with E-state index in [2.05, 4.69) is 47.4 Å². The Morgan fingerprint density at radius 1 is 0.839 bits per heavy atom. The maximum atomic E-state index is 5.31. The Morgan fingerprint density at radius 2 is 1.48 bits per heavy atom. The van der Waals surface area contributed by atoms with Gasteiger partial charge in [0, 0.05) is 17.8 Å². The van der Waals surface area contributed by atoms with Gasteiger partial charge in [-0.1, -0.05) is 79.2 Å². The number of amidine groups is 1. The minimum atomic E-state index is -0.472. The van der Waals surface area contributed by atoms with Crippen LogP contribution in [0, 0.1) is 0 Å². The Balaban J connectivity index is 1.54. The number of para-hydroxylation sites is 3. The zero-order valence-corrected chi connectivity index (χ0v) is 17.9. The van der Waals surface area contributed by atoms with Crippen molar-refractivity contribution in [2.24, 2.45) is 10.1 Å². The molecule has 1 saturated heterocycles. The summed E-state index contributed by atoms with van der Waals surface area (Å²) in [5, 5.41) is 6.28. The number of rotatable bonds is 3. The first kappa shape index (κ1) is 18.6. The highest BCUT2D eigenvalue weighted by atomic mass is 32.2. The Bertz CT molecular complexity index is 1150. The van der Waals surface area contributed by atoms with Crippen molar-refractivity contribution in [3.05, 3.63) is 96.4 Å². The SMILES string of the molecule is c1ccc(N=C2S[C@]34CCCC[C@]3(N=[N+](c3ccccc3)[N-]4)N2c2ccccc2)cc1. The number of hydrogen-bond acceptors (Lipinski definition) is 3. The number of thioether (sulfide) groups is 1. The third-order valence-electron chi connectivity index (χ3n) is 6.24. The summed E-state index contributed by atoms with van der Waals surface area (Å²) in [6.07, 6.45) is 4.22. The van der Waals surface area contributed by atoms with E-state index < -0.39 is 5.66 Å². The molecule has 2 aliphatic heterocycles. The van der Waals surface area contributed by atoms with E-state index in [9.17, 15) is 0 Å². The predicted octanol–water partition coefficient (Wildman–Crippen LogP) is 6.99. The molecule has 0 bridgehead atoms. The van der Waals surface area contributed by atoms with Gasteiger partial charge < -0.3 is 4.90 Å². The van der Waals surface area contributed by atoms with Crippen LogP contribution in [0.3, 0.4) is 0 Å². The molecule has 31 heavy (non-hydrogen) atoms. The molecule has 0 spiro atoms. The number of benzene rings is 3. The molecule has 5 nitrogen and oxygen atoms in total. The first-order valence-electron chi connectivity index (χ1n) is 10.8. The van der Waals surface area contributed by atoms with Crippen LogP contribution in [0.5, 0.6) is 0 Å². The van der Waals surface area contributed by atoms with E-state index >= 15 is 0 Å². The molecule has 2 heterocycles. The standard InChI is InChI=1S/C25H23N5S/c1-4-12-20(13-5-1)26-23-29(21-14-6-2-7-15-21)24-18-10-11-19-25(24,31-23)28-30(27-24)22-16-8-3-9-17-22/h1-9,12-17H,10-11,18-19H2/t24-,25+/m0/s1. The normalized spacial score (nSPS) is 28.1. The molecule has 0 N–H and O–H groups in total. The van der Waals surface area contributed by atoms with Gasteiger partial charge in [-0.2, -0.15) is 10.5 Å². The number of nitrogens with zero attached hydrogens (tertiary/aromatic N) is 5. The average molecular weight is 426 g/mol. The van der Waals surface area contributed by atoms with Gasteiger partial charge in [0.1, 0.15) is 10.5 Å². The molecular formula is C25H23N5S. The molecule has 0 unspecified atom stereocenters. The van der Waals surface area contributed by atoms with Crippen LogP contribution in [0.25, 0.3) is 5.43 Å². The second-order valence-corrected chi connectivity index (χ2v) is 9.38. The first-order valence-corrected chi connectivity index (χ1v) is 11.6. The Kier molecular flexibility index (Phi) is 4.35. The molecular weight excluding hydrogens is 402 g/mol. The summed E-state index contributed by atoms with van der Waals surface area (Å²) in [6.45, 7) is 0. The Labute approximate surface area is 186 Å². The third-order valence-corrected chi connectivity index (χ3v) is 7.64. The molecule has 6 heteroatoms. The number of aliphatic imine (C=N–C) groups is 1. The highest BCUT2D eigenvalue weighted by Gasteiger charge is 2.66.